The molecule has 100 valence electrons. The lowest BCUT2D eigenvalue weighted by Crippen LogP contribution is -2.28. The second-order valence-corrected chi connectivity index (χ2v) is 6.71. The first-order chi connectivity index (χ1) is 8.60. The summed E-state index contributed by atoms with van der Waals surface area (Å²) in [6, 6.07) is 3.49. The Bertz CT molecular complexity index is 428. The molecule has 2 rings (SSSR count). The fourth-order valence-electron chi connectivity index (χ4n) is 2.40. The molecule has 2 unspecified atom stereocenters. The number of nitrogens with two attached hydrogens (primary N) is 1. The van der Waals surface area contributed by atoms with Gasteiger partial charge in [0.25, 0.3) is 0 Å². The smallest absolute Gasteiger partial charge is 0.139 e. The molecule has 1 fully saturated rings. The van der Waals surface area contributed by atoms with Crippen molar-refractivity contribution in [3.63, 3.8) is 0 Å². The molecule has 5 heteroatoms. The summed E-state index contributed by atoms with van der Waals surface area (Å²) in [4.78, 5) is 0. The number of nitrogen functional groups attached to an aromatic ring is 1. The fraction of sp³-hybridized carbons (Fsp3) is 0.538. The minimum atomic E-state index is -0.274. The van der Waals surface area contributed by atoms with Gasteiger partial charge in [0.1, 0.15) is 5.82 Å². The van der Waals surface area contributed by atoms with E-state index in [9.17, 15) is 4.39 Å². The average Bonchev–Trinajstić information content (AvgIpc) is 2.36. The summed E-state index contributed by atoms with van der Waals surface area (Å²) in [5, 5.41) is 4.09. The van der Waals surface area contributed by atoms with Crippen LogP contribution in [0.2, 0.25) is 0 Å². The zero-order chi connectivity index (χ0) is 13.1. The lowest BCUT2D eigenvalue weighted by atomic mass is 9.94. The van der Waals surface area contributed by atoms with Crippen LogP contribution in [0, 0.1) is 5.82 Å². The van der Waals surface area contributed by atoms with Crippen molar-refractivity contribution in [2.75, 3.05) is 17.3 Å². The number of rotatable bonds is 3. The standard InChI is InChI=1S/C13H18BrFN2S/c1-18-9-4-2-3-8(5-9)17-13-7-11(15)10(14)6-12(13)16/h6-9,17H,2-5,16H2,1H3. The SMILES string of the molecule is CSC1CCCC(Nc2cc(F)c(Br)cc2N)C1. The second-order valence-electron chi connectivity index (χ2n) is 4.72. The number of nitrogens with one attached hydrogen (secondary N) is 1. The van der Waals surface area contributed by atoms with E-state index >= 15 is 0 Å². The van der Waals surface area contributed by atoms with Gasteiger partial charge < -0.3 is 11.1 Å². The van der Waals surface area contributed by atoms with Crippen molar-refractivity contribution in [2.24, 2.45) is 0 Å². The number of halogens is 2. The molecule has 0 amide bonds. The number of hydrogen-bond acceptors (Lipinski definition) is 3. The molecule has 0 bridgehead atoms. The molecule has 1 aromatic carbocycles. The van der Waals surface area contributed by atoms with E-state index in [4.69, 9.17) is 5.73 Å². The van der Waals surface area contributed by atoms with Gasteiger partial charge in [0.2, 0.25) is 0 Å². The van der Waals surface area contributed by atoms with Gasteiger partial charge in [0.15, 0.2) is 0 Å². The third kappa shape index (κ3) is 3.32. The van der Waals surface area contributed by atoms with Crippen molar-refractivity contribution in [2.45, 2.75) is 37.0 Å². The maximum absolute atomic E-state index is 13.5. The van der Waals surface area contributed by atoms with Crippen LogP contribution >= 0.6 is 27.7 Å². The summed E-state index contributed by atoms with van der Waals surface area (Å²) in [6.07, 6.45) is 6.92. The number of anilines is 2. The fourth-order valence-corrected chi connectivity index (χ4v) is 3.59. The van der Waals surface area contributed by atoms with Crippen LogP contribution in [0.5, 0.6) is 0 Å². The van der Waals surface area contributed by atoms with Gasteiger partial charge in [0, 0.05) is 17.4 Å². The molecule has 0 aromatic heterocycles. The van der Waals surface area contributed by atoms with E-state index < -0.39 is 0 Å². The molecule has 0 heterocycles. The Morgan fingerprint density at radius 3 is 2.94 bits per heavy atom. The summed E-state index contributed by atoms with van der Waals surface area (Å²) >= 11 is 5.06. The molecule has 18 heavy (non-hydrogen) atoms. The van der Waals surface area contributed by atoms with Gasteiger partial charge in [-0.2, -0.15) is 11.8 Å². The van der Waals surface area contributed by atoms with Crippen molar-refractivity contribution in [3.8, 4) is 0 Å². The van der Waals surface area contributed by atoms with Gasteiger partial charge in [0.05, 0.1) is 15.8 Å². The molecular formula is C13H18BrFN2S. The molecule has 0 spiro atoms. The molecule has 1 aromatic rings. The van der Waals surface area contributed by atoms with Gasteiger partial charge in [-0.3, -0.25) is 0 Å². The Morgan fingerprint density at radius 2 is 2.22 bits per heavy atom. The Labute approximate surface area is 120 Å². The van der Waals surface area contributed by atoms with E-state index in [1.54, 1.807) is 6.07 Å². The van der Waals surface area contributed by atoms with Crippen LogP contribution in [0.15, 0.2) is 16.6 Å². The third-order valence-corrected chi connectivity index (χ3v) is 5.11. The highest BCUT2D eigenvalue weighted by atomic mass is 79.9. The van der Waals surface area contributed by atoms with Gasteiger partial charge in [-0.1, -0.05) is 6.42 Å². The van der Waals surface area contributed by atoms with Gasteiger partial charge in [-0.15, -0.1) is 0 Å². The van der Waals surface area contributed by atoms with Crippen molar-refractivity contribution >= 4 is 39.1 Å². The maximum atomic E-state index is 13.5. The van der Waals surface area contributed by atoms with E-state index in [0.717, 1.165) is 12.8 Å². The lowest BCUT2D eigenvalue weighted by molar-refractivity contribution is 0.473. The molecule has 0 aliphatic heterocycles. The van der Waals surface area contributed by atoms with Gasteiger partial charge >= 0.3 is 0 Å². The molecule has 0 radical (unpaired) electrons. The summed E-state index contributed by atoms with van der Waals surface area (Å²) < 4.78 is 13.9. The highest BCUT2D eigenvalue weighted by Gasteiger charge is 2.21. The lowest BCUT2D eigenvalue weighted by Gasteiger charge is -2.29. The first-order valence-corrected chi connectivity index (χ1v) is 8.22. The third-order valence-electron chi connectivity index (χ3n) is 3.41. The molecule has 3 N–H and O–H groups in total. The Balaban J connectivity index is 2.07. The summed E-state index contributed by atoms with van der Waals surface area (Å²) in [5.41, 5.74) is 7.21. The largest absolute Gasteiger partial charge is 0.397 e. The molecule has 1 aliphatic carbocycles. The molecule has 2 nitrogen and oxygen atoms in total. The van der Waals surface area contributed by atoms with E-state index in [2.05, 4.69) is 27.5 Å². The van der Waals surface area contributed by atoms with E-state index in [0.29, 0.717) is 27.1 Å². The predicted molar refractivity (Wildman–Crippen MR) is 81.7 cm³/mol. The van der Waals surface area contributed by atoms with Crippen LogP contribution < -0.4 is 11.1 Å². The van der Waals surface area contributed by atoms with Crippen LogP contribution in [0.1, 0.15) is 25.7 Å². The number of benzene rings is 1. The first-order valence-electron chi connectivity index (χ1n) is 6.14. The maximum Gasteiger partial charge on any atom is 0.139 e. The van der Waals surface area contributed by atoms with Gasteiger partial charge in [-0.05, 0) is 47.5 Å². The second kappa shape index (κ2) is 6.15. The van der Waals surface area contributed by atoms with Crippen LogP contribution in [0.25, 0.3) is 0 Å². The van der Waals surface area contributed by atoms with Crippen molar-refractivity contribution in [1.29, 1.82) is 0 Å². The van der Waals surface area contributed by atoms with Crippen molar-refractivity contribution in [3.05, 3.63) is 22.4 Å². The average molecular weight is 333 g/mol. The Kier molecular flexibility index (Phi) is 4.78. The normalized spacial score (nSPS) is 23.9. The summed E-state index contributed by atoms with van der Waals surface area (Å²) in [6.45, 7) is 0. The monoisotopic (exact) mass is 332 g/mol. The minimum Gasteiger partial charge on any atom is -0.397 e. The van der Waals surface area contributed by atoms with Gasteiger partial charge in [-0.25, -0.2) is 4.39 Å². The summed E-state index contributed by atoms with van der Waals surface area (Å²) in [5.74, 6) is -0.274. The zero-order valence-corrected chi connectivity index (χ0v) is 12.8. The topological polar surface area (TPSA) is 38.0 Å². The van der Waals surface area contributed by atoms with E-state index in [1.807, 2.05) is 11.8 Å². The number of hydrogen-bond donors (Lipinski definition) is 2. The summed E-state index contributed by atoms with van der Waals surface area (Å²) in [7, 11) is 0. The van der Waals surface area contributed by atoms with E-state index in [1.165, 1.54) is 18.9 Å². The molecule has 2 atom stereocenters. The highest BCUT2D eigenvalue weighted by Crippen LogP contribution is 2.32. The Morgan fingerprint density at radius 1 is 1.44 bits per heavy atom. The predicted octanol–water partition coefficient (Wildman–Crippen LogP) is 4.26. The van der Waals surface area contributed by atoms with E-state index in [-0.39, 0.29) is 5.82 Å². The first kappa shape index (κ1) is 14.0. The highest BCUT2D eigenvalue weighted by molar-refractivity contribution is 9.10. The Hall–Kier alpha value is -0.420. The number of thioether (sulfide) groups is 1. The van der Waals surface area contributed by atoms with Crippen LogP contribution in [-0.2, 0) is 0 Å². The minimum absolute atomic E-state index is 0.274. The zero-order valence-electron chi connectivity index (χ0n) is 10.4. The molecule has 1 saturated carbocycles. The van der Waals surface area contributed by atoms with Crippen LogP contribution in [-0.4, -0.2) is 17.5 Å². The quantitative estimate of drug-likeness (QED) is 0.812. The molecule has 1 aliphatic rings. The molecule has 0 saturated heterocycles. The van der Waals surface area contributed by atoms with Crippen LogP contribution in [0.3, 0.4) is 0 Å². The molecular weight excluding hydrogens is 315 g/mol. The van der Waals surface area contributed by atoms with Crippen LogP contribution in [0.4, 0.5) is 15.8 Å². The van der Waals surface area contributed by atoms with Crippen molar-refractivity contribution in [1.82, 2.24) is 0 Å². The van der Waals surface area contributed by atoms with Crippen molar-refractivity contribution < 1.29 is 4.39 Å².